The second-order valence-corrected chi connectivity index (χ2v) is 4.12. The van der Waals surface area contributed by atoms with Gasteiger partial charge in [0.2, 0.25) is 5.95 Å². The first-order chi connectivity index (χ1) is 7.74. The third-order valence-electron chi connectivity index (χ3n) is 2.02. The molecule has 0 bridgehead atoms. The summed E-state index contributed by atoms with van der Waals surface area (Å²) in [7, 11) is 0. The van der Waals surface area contributed by atoms with E-state index in [2.05, 4.69) is 31.2 Å². The minimum Gasteiger partial charge on any atom is -0.366 e. The summed E-state index contributed by atoms with van der Waals surface area (Å²) in [6.07, 6.45) is 1.19. The summed E-state index contributed by atoms with van der Waals surface area (Å²) < 4.78 is 13.8. The van der Waals surface area contributed by atoms with E-state index in [-0.39, 0.29) is 0 Å². The zero-order chi connectivity index (χ0) is 11.4. The maximum Gasteiger partial charge on any atom is 0.217 e. The number of anilines is 1. The molecular weight excluding hydrogens is 273 g/mol. The van der Waals surface area contributed by atoms with Gasteiger partial charge in [0.15, 0.2) is 0 Å². The lowest BCUT2D eigenvalue weighted by Gasteiger charge is -2.05. The maximum atomic E-state index is 12.7. The van der Waals surface area contributed by atoms with Crippen molar-refractivity contribution in [1.82, 2.24) is 9.97 Å². The number of nitrogens with one attached hydrogen (secondary N) is 1. The van der Waals surface area contributed by atoms with E-state index in [1.54, 1.807) is 0 Å². The fourth-order valence-corrected chi connectivity index (χ4v) is 1.49. The van der Waals surface area contributed by atoms with Crippen LogP contribution in [0.3, 0.4) is 0 Å². The zero-order valence-electron chi connectivity index (χ0n) is 8.32. The summed E-state index contributed by atoms with van der Waals surface area (Å²) in [4.78, 5) is 7.28. The summed E-state index contributed by atoms with van der Waals surface area (Å²) in [6.45, 7) is 0.601. The van der Waals surface area contributed by atoms with Gasteiger partial charge in [0.1, 0.15) is 12.1 Å². The molecule has 2 rings (SSSR count). The van der Waals surface area contributed by atoms with Crippen molar-refractivity contribution in [2.45, 2.75) is 6.54 Å². The highest BCUT2D eigenvalue weighted by molar-refractivity contribution is 9.10. The number of aromatic nitrogens is 2. The fraction of sp³-hybridized carbons (Fsp3) is 0.0909. The molecule has 0 aliphatic heterocycles. The topological polar surface area (TPSA) is 37.8 Å². The summed E-state index contributed by atoms with van der Waals surface area (Å²) in [5.74, 6) is -0.0521. The first kappa shape index (κ1) is 11.0. The average molecular weight is 282 g/mol. The van der Waals surface area contributed by atoms with E-state index in [1.807, 2.05) is 24.3 Å². The Kier molecular flexibility index (Phi) is 3.46. The Bertz CT molecular complexity index is 473. The largest absolute Gasteiger partial charge is 0.366 e. The van der Waals surface area contributed by atoms with E-state index in [0.717, 1.165) is 10.0 Å². The van der Waals surface area contributed by atoms with Crippen LogP contribution in [0, 0.1) is 5.95 Å². The summed E-state index contributed by atoms with van der Waals surface area (Å²) in [5.41, 5.74) is 1.10. The Morgan fingerprint density at radius 2 is 1.94 bits per heavy atom. The number of halogens is 2. The van der Waals surface area contributed by atoms with Crippen LogP contribution in [0.1, 0.15) is 5.56 Å². The highest BCUT2D eigenvalue weighted by Crippen LogP contribution is 2.11. The first-order valence-corrected chi connectivity index (χ1v) is 5.49. The predicted octanol–water partition coefficient (Wildman–Crippen LogP) is 2.99. The van der Waals surface area contributed by atoms with E-state index in [0.29, 0.717) is 12.4 Å². The summed E-state index contributed by atoms with van der Waals surface area (Å²) in [6, 6.07) is 9.14. The Labute approximate surface area is 101 Å². The van der Waals surface area contributed by atoms with Crippen LogP contribution in [0.15, 0.2) is 41.1 Å². The van der Waals surface area contributed by atoms with Crippen molar-refractivity contribution in [3.05, 3.63) is 52.6 Å². The molecule has 0 saturated heterocycles. The van der Waals surface area contributed by atoms with Crippen molar-refractivity contribution in [1.29, 1.82) is 0 Å². The molecule has 16 heavy (non-hydrogen) atoms. The molecule has 1 N–H and O–H groups in total. The lowest BCUT2D eigenvalue weighted by molar-refractivity contribution is 0.580. The maximum absolute atomic E-state index is 12.7. The molecule has 1 aromatic carbocycles. The van der Waals surface area contributed by atoms with Crippen LogP contribution in [0.4, 0.5) is 10.2 Å². The molecular formula is C11H9BrFN3. The van der Waals surface area contributed by atoms with E-state index >= 15 is 0 Å². The number of benzene rings is 1. The van der Waals surface area contributed by atoms with E-state index in [4.69, 9.17) is 0 Å². The second kappa shape index (κ2) is 5.03. The van der Waals surface area contributed by atoms with Gasteiger partial charge in [-0.1, -0.05) is 28.1 Å². The molecule has 0 aliphatic carbocycles. The fourth-order valence-electron chi connectivity index (χ4n) is 1.23. The van der Waals surface area contributed by atoms with Crippen molar-refractivity contribution < 1.29 is 4.39 Å². The second-order valence-electron chi connectivity index (χ2n) is 3.21. The number of nitrogens with zero attached hydrogens (tertiary/aromatic N) is 2. The van der Waals surface area contributed by atoms with Crippen molar-refractivity contribution in [3.63, 3.8) is 0 Å². The van der Waals surface area contributed by atoms with Gasteiger partial charge in [-0.2, -0.15) is 4.39 Å². The van der Waals surface area contributed by atoms with Crippen LogP contribution in [0.25, 0.3) is 0 Å². The highest BCUT2D eigenvalue weighted by atomic mass is 79.9. The molecule has 1 aromatic heterocycles. The smallest absolute Gasteiger partial charge is 0.217 e. The van der Waals surface area contributed by atoms with Crippen molar-refractivity contribution in [2.75, 3.05) is 5.32 Å². The number of hydrogen-bond donors (Lipinski definition) is 1. The third kappa shape index (κ3) is 3.00. The molecule has 0 fully saturated rings. The Balaban J connectivity index is 1.99. The Morgan fingerprint density at radius 3 is 2.62 bits per heavy atom. The highest BCUT2D eigenvalue weighted by Gasteiger charge is 1.97. The van der Waals surface area contributed by atoms with Gasteiger partial charge in [0, 0.05) is 17.1 Å². The van der Waals surface area contributed by atoms with Crippen molar-refractivity contribution in [2.24, 2.45) is 0 Å². The molecule has 0 amide bonds. The number of hydrogen-bond acceptors (Lipinski definition) is 3. The van der Waals surface area contributed by atoms with Crippen LogP contribution in [-0.2, 0) is 6.54 Å². The summed E-state index contributed by atoms with van der Waals surface area (Å²) in [5, 5.41) is 3.01. The standard InChI is InChI=1S/C11H9BrFN3/c12-9-3-1-8(2-4-9)6-14-11-5-10(13)15-7-16-11/h1-5,7H,6H2,(H,14,15,16). The molecule has 0 saturated carbocycles. The van der Waals surface area contributed by atoms with Gasteiger partial charge in [-0.3, -0.25) is 0 Å². The van der Waals surface area contributed by atoms with Gasteiger partial charge in [-0.05, 0) is 17.7 Å². The van der Waals surface area contributed by atoms with Crippen molar-refractivity contribution >= 4 is 21.7 Å². The average Bonchev–Trinajstić information content (AvgIpc) is 2.28. The lowest BCUT2D eigenvalue weighted by Crippen LogP contribution is -2.02. The van der Waals surface area contributed by atoms with Crippen LogP contribution in [0.2, 0.25) is 0 Å². The molecule has 0 radical (unpaired) electrons. The van der Waals surface area contributed by atoms with Gasteiger partial charge in [-0.15, -0.1) is 0 Å². The van der Waals surface area contributed by atoms with Crippen LogP contribution < -0.4 is 5.32 Å². The molecule has 82 valence electrons. The minimum atomic E-state index is -0.534. The normalized spacial score (nSPS) is 10.1. The molecule has 3 nitrogen and oxygen atoms in total. The molecule has 5 heteroatoms. The minimum absolute atomic E-state index is 0.482. The Hall–Kier alpha value is -1.49. The quantitative estimate of drug-likeness (QED) is 0.879. The van der Waals surface area contributed by atoms with Gasteiger partial charge in [0.05, 0.1) is 0 Å². The summed E-state index contributed by atoms with van der Waals surface area (Å²) >= 11 is 3.36. The monoisotopic (exact) mass is 281 g/mol. The molecule has 0 aliphatic rings. The van der Waals surface area contributed by atoms with Crippen LogP contribution in [0.5, 0.6) is 0 Å². The van der Waals surface area contributed by atoms with Gasteiger partial charge >= 0.3 is 0 Å². The molecule has 0 spiro atoms. The van der Waals surface area contributed by atoms with E-state index in [9.17, 15) is 4.39 Å². The van der Waals surface area contributed by atoms with Crippen molar-refractivity contribution in [3.8, 4) is 0 Å². The van der Waals surface area contributed by atoms with Gasteiger partial charge < -0.3 is 5.32 Å². The molecule has 2 aromatic rings. The first-order valence-electron chi connectivity index (χ1n) is 4.70. The molecule has 1 heterocycles. The van der Waals surface area contributed by atoms with E-state index < -0.39 is 5.95 Å². The van der Waals surface area contributed by atoms with E-state index in [1.165, 1.54) is 12.4 Å². The predicted molar refractivity (Wildman–Crippen MR) is 63.5 cm³/mol. The SMILES string of the molecule is Fc1cc(NCc2ccc(Br)cc2)ncn1. The third-order valence-corrected chi connectivity index (χ3v) is 2.55. The van der Waals surface area contributed by atoms with Gasteiger partial charge in [0.25, 0.3) is 0 Å². The molecule has 0 atom stereocenters. The van der Waals surface area contributed by atoms with Gasteiger partial charge in [-0.25, -0.2) is 9.97 Å². The van der Waals surface area contributed by atoms with Crippen LogP contribution in [-0.4, -0.2) is 9.97 Å². The molecule has 0 unspecified atom stereocenters. The zero-order valence-corrected chi connectivity index (χ0v) is 9.91. The Morgan fingerprint density at radius 1 is 1.19 bits per heavy atom. The number of rotatable bonds is 3. The lowest BCUT2D eigenvalue weighted by atomic mass is 10.2. The van der Waals surface area contributed by atoms with Crippen LogP contribution >= 0.6 is 15.9 Å².